The molecule has 4 heterocycles. The van der Waals surface area contributed by atoms with Gasteiger partial charge in [0.05, 0.1) is 18.8 Å². The van der Waals surface area contributed by atoms with E-state index in [0.717, 1.165) is 92.9 Å². The van der Waals surface area contributed by atoms with Crippen molar-refractivity contribution in [3.63, 3.8) is 0 Å². The Labute approximate surface area is 229 Å². The molecule has 0 bridgehead atoms. The summed E-state index contributed by atoms with van der Waals surface area (Å²) in [6, 6.07) is 12.3. The fourth-order valence-electron chi connectivity index (χ4n) is 5.96. The highest BCUT2D eigenvalue weighted by molar-refractivity contribution is 5.95. The lowest BCUT2D eigenvalue weighted by molar-refractivity contribution is -0.104. The molecule has 0 radical (unpaired) electrons. The number of phenols is 1. The number of carbonyl (C=O) groups is 1. The highest BCUT2D eigenvalue weighted by Crippen LogP contribution is 2.36. The number of benzene rings is 2. The van der Waals surface area contributed by atoms with Gasteiger partial charge < -0.3 is 29.9 Å². The molecule has 3 aromatic rings. The summed E-state index contributed by atoms with van der Waals surface area (Å²) >= 11 is 0. The molecule has 0 saturated carbocycles. The number of piperazine rings is 1. The Morgan fingerprint density at radius 2 is 1.95 bits per heavy atom. The number of carbonyl (C=O) groups excluding carboxylic acids is 1. The largest absolute Gasteiger partial charge is 0.508 e. The van der Waals surface area contributed by atoms with Crippen LogP contribution in [0.5, 0.6) is 11.8 Å². The summed E-state index contributed by atoms with van der Waals surface area (Å²) in [5, 5.41) is 16.1. The number of fused-ring (bicyclic) bond motifs is 2. The molecule has 3 aliphatic rings. The highest BCUT2D eigenvalue weighted by atomic mass is 16.5. The molecule has 9 nitrogen and oxygen atoms in total. The van der Waals surface area contributed by atoms with Crippen LogP contribution < -0.4 is 19.9 Å². The number of ether oxygens (including phenoxy) is 1. The smallest absolute Gasteiger partial charge is 0.318 e. The standard InChI is InChI=1S/C30H36N6O3/c37-16-4-10-34-12-14-35(15-13-34)29-26-8-11-36(28-18-24(38)17-23-6-1-2-7-25(23)28)20-27(26)32-30(33-29)39-21-22-5-3-9-31-19-22/h1-2,4,6-7,10,16-18,22,31,38H,3,5,8-9,11-15,19-21H2/t22-/m1/s1. The number of phenolic OH excluding ortho intramolecular Hbond substituents is 1. The molecule has 2 saturated heterocycles. The molecule has 2 aromatic carbocycles. The zero-order valence-corrected chi connectivity index (χ0v) is 22.3. The van der Waals surface area contributed by atoms with Crippen molar-refractivity contribution >= 4 is 28.6 Å². The number of allylic oxidation sites excluding steroid dienone is 1. The summed E-state index contributed by atoms with van der Waals surface area (Å²) in [4.78, 5) is 27.5. The summed E-state index contributed by atoms with van der Waals surface area (Å²) in [5.74, 6) is 1.70. The van der Waals surface area contributed by atoms with Crippen LogP contribution >= 0.6 is 0 Å². The molecule has 6 rings (SSSR count). The minimum atomic E-state index is 0.268. The minimum Gasteiger partial charge on any atom is -0.508 e. The van der Waals surface area contributed by atoms with E-state index in [1.807, 2.05) is 36.5 Å². The zero-order valence-electron chi connectivity index (χ0n) is 22.3. The van der Waals surface area contributed by atoms with Gasteiger partial charge in [-0.15, -0.1) is 0 Å². The molecule has 1 aromatic heterocycles. The van der Waals surface area contributed by atoms with Gasteiger partial charge in [0.2, 0.25) is 0 Å². The van der Waals surface area contributed by atoms with Gasteiger partial charge >= 0.3 is 6.01 Å². The van der Waals surface area contributed by atoms with E-state index in [-0.39, 0.29) is 5.75 Å². The fourth-order valence-corrected chi connectivity index (χ4v) is 5.96. The van der Waals surface area contributed by atoms with Crippen LogP contribution in [0.15, 0.2) is 48.7 Å². The Balaban J connectivity index is 1.29. The van der Waals surface area contributed by atoms with E-state index in [1.54, 1.807) is 6.08 Å². The van der Waals surface area contributed by atoms with E-state index in [1.165, 1.54) is 12.0 Å². The highest BCUT2D eigenvalue weighted by Gasteiger charge is 2.28. The number of hydrogen-bond donors (Lipinski definition) is 2. The van der Waals surface area contributed by atoms with Crippen molar-refractivity contribution in [1.29, 1.82) is 0 Å². The first-order valence-electron chi connectivity index (χ1n) is 14.0. The van der Waals surface area contributed by atoms with E-state index in [0.29, 0.717) is 25.1 Å². The molecule has 9 heteroatoms. The number of nitrogens with zero attached hydrogens (tertiary/aromatic N) is 5. The third-order valence-corrected chi connectivity index (χ3v) is 8.02. The van der Waals surface area contributed by atoms with Crippen LogP contribution in [-0.2, 0) is 17.8 Å². The van der Waals surface area contributed by atoms with Gasteiger partial charge in [0.15, 0.2) is 0 Å². The number of aromatic hydroxyl groups is 1. The van der Waals surface area contributed by atoms with Crippen molar-refractivity contribution in [2.45, 2.75) is 25.8 Å². The molecule has 39 heavy (non-hydrogen) atoms. The van der Waals surface area contributed by atoms with Crippen LogP contribution in [0.3, 0.4) is 0 Å². The second-order valence-electron chi connectivity index (χ2n) is 10.6. The zero-order chi connectivity index (χ0) is 26.6. The van der Waals surface area contributed by atoms with Gasteiger partial charge in [-0.3, -0.25) is 4.79 Å². The Morgan fingerprint density at radius 1 is 1.08 bits per heavy atom. The van der Waals surface area contributed by atoms with Crippen LogP contribution in [0.4, 0.5) is 11.5 Å². The first kappa shape index (κ1) is 25.4. The summed E-state index contributed by atoms with van der Waals surface area (Å²) < 4.78 is 6.24. The van der Waals surface area contributed by atoms with E-state index in [9.17, 15) is 9.90 Å². The average molecular weight is 529 g/mol. The maximum Gasteiger partial charge on any atom is 0.318 e. The lowest BCUT2D eigenvalue weighted by Crippen LogP contribution is -2.45. The van der Waals surface area contributed by atoms with Gasteiger partial charge in [-0.2, -0.15) is 9.97 Å². The molecular formula is C30H36N6O3. The number of rotatable bonds is 7. The number of piperidine rings is 1. The van der Waals surface area contributed by atoms with Gasteiger partial charge in [0.1, 0.15) is 17.9 Å². The van der Waals surface area contributed by atoms with E-state index >= 15 is 0 Å². The molecule has 2 N–H and O–H groups in total. The van der Waals surface area contributed by atoms with Gasteiger partial charge in [-0.1, -0.05) is 24.3 Å². The molecule has 0 unspecified atom stereocenters. The SMILES string of the molecule is O=CC=CN1CCN(c2nc(OC[C@@H]3CCCNC3)nc3c2CCN(c2cc(O)cc4ccccc24)C3)CC1. The first-order chi connectivity index (χ1) is 19.2. The van der Waals surface area contributed by atoms with Crippen LogP contribution in [0.1, 0.15) is 24.1 Å². The van der Waals surface area contributed by atoms with Crippen molar-refractivity contribution in [1.82, 2.24) is 20.2 Å². The van der Waals surface area contributed by atoms with Crippen LogP contribution in [-0.4, -0.2) is 78.7 Å². The van der Waals surface area contributed by atoms with Crippen molar-refractivity contribution < 1.29 is 14.6 Å². The molecule has 2 fully saturated rings. The van der Waals surface area contributed by atoms with Gasteiger partial charge in [0.25, 0.3) is 0 Å². The summed E-state index contributed by atoms with van der Waals surface area (Å²) in [5.41, 5.74) is 3.18. The van der Waals surface area contributed by atoms with E-state index < -0.39 is 0 Å². The number of anilines is 2. The maximum absolute atomic E-state index is 10.8. The maximum atomic E-state index is 10.8. The van der Waals surface area contributed by atoms with Crippen molar-refractivity contribution in [2.75, 3.05) is 62.2 Å². The topological polar surface area (TPSA) is 94.1 Å². The molecule has 1 atom stereocenters. The molecule has 204 valence electrons. The number of aromatic nitrogens is 2. The van der Waals surface area contributed by atoms with Crippen LogP contribution in [0, 0.1) is 5.92 Å². The summed E-state index contributed by atoms with van der Waals surface area (Å²) in [7, 11) is 0. The molecule has 0 amide bonds. The fraction of sp³-hybridized carbons (Fsp3) is 0.433. The second kappa shape index (κ2) is 11.5. The monoisotopic (exact) mass is 528 g/mol. The molecular weight excluding hydrogens is 492 g/mol. The summed E-state index contributed by atoms with van der Waals surface area (Å²) in [6.45, 7) is 7.38. The third-order valence-electron chi connectivity index (χ3n) is 8.02. The quantitative estimate of drug-likeness (QED) is 0.354. The predicted molar refractivity (Wildman–Crippen MR) is 152 cm³/mol. The number of nitrogens with one attached hydrogen (secondary N) is 1. The lowest BCUT2D eigenvalue weighted by Gasteiger charge is -2.38. The lowest BCUT2D eigenvalue weighted by atomic mass is 10.0. The Hall–Kier alpha value is -3.85. The summed E-state index contributed by atoms with van der Waals surface area (Å²) in [6.07, 6.45) is 7.37. The minimum absolute atomic E-state index is 0.268. The Bertz CT molecular complexity index is 1350. The Morgan fingerprint density at radius 3 is 2.77 bits per heavy atom. The Kier molecular flexibility index (Phi) is 7.49. The van der Waals surface area contributed by atoms with Crippen molar-refractivity contribution in [3.8, 4) is 11.8 Å². The first-order valence-corrected chi connectivity index (χ1v) is 14.0. The van der Waals surface area contributed by atoms with Gasteiger partial charge in [-0.25, -0.2) is 0 Å². The molecule has 0 aliphatic carbocycles. The van der Waals surface area contributed by atoms with E-state index in [4.69, 9.17) is 14.7 Å². The molecule has 3 aliphatic heterocycles. The van der Waals surface area contributed by atoms with Crippen molar-refractivity contribution in [2.24, 2.45) is 5.92 Å². The molecule has 0 spiro atoms. The number of hydrogen-bond acceptors (Lipinski definition) is 9. The number of aldehydes is 1. The third kappa shape index (κ3) is 5.63. The second-order valence-corrected chi connectivity index (χ2v) is 10.6. The normalized spacial score (nSPS) is 19.9. The predicted octanol–water partition coefficient (Wildman–Crippen LogP) is 3.11. The van der Waals surface area contributed by atoms with Crippen LogP contribution in [0.25, 0.3) is 10.8 Å². The van der Waals surface area contributed by atoms with E-state index in [2.05, 4.69) is 26.1 Å². The average Bonchev–Trinajstić information content (AvgIpc) is 2.98. The van der Waals surface area contributed by atoms with Gasteiger partial charge in [-0.05, 0) is 43.3 Å². The van der Waals surface area contributed by atoms with Crippen molar-refractivity contribution in [3.05, 3.63) is 59.9 Å². The van der Waals surface area contributed by atoms with Crippen LogP contribution in [0.2, 0.25) is 0 Å². The van der Waals surface area contributed by atoms with Gasteiger partial charge in [0, 0.05) is 74.1 Å².